The van der Waals surface area contributed by atoms with Gasteiger partial charge in [-0.15, -0.1) is 10.2 Å². The van der Waals surface area contributed by atoms with E-state index < -0.39 is 22.0 Å². The number of hydrogen-bond acceptors (Lipinski definition) is 7. The molecule has 1 amide bonds. The Labute approximate surface area is 188 Å². The first-order valence-electron chi connectivity index (χ1n) is 9.31. The highest BCUT2D eigenvalue weighted by atomic mass is 35.5. The van der Waals surface area contributed by atoms with Crippen molar-refractivity contribution < 1.29 is 13.2 Å². The number of anilines is 1. The second kappa shape index (κ2) is 8.72. The Kier molecular flexibility index (Phi) is 6.02. The van der Waals surface area contributed by atoms with Crippen molar-refractivity contribution in [2.75, 3.05) is 11.9 Å². The smallest absolute Gasteiger partial charge is 0.286 e. The van der Waals surface area contributed by atoms with Crippen LogP contribution in [0, 0.1) is 11.3 Å². The Morgan fingerprint density at radius 2 is 2.00 bits per heavy atom. The molecule has 1 aliphatic rings. The van der Waals surface area contributed by atoms with Crippen LogP contribution in [-0.2, 0) is 10.0 Å². The van der Waals surface area contributed by atoms with Crippen LogP contribution in [0.3, 0.4) is 0 Å². The van der Waals surface area contributed by atoms with Crippen LogP contribution in [0.2, 0.25) is 5.02 Å². The maximum Gasteiger partial charge on any atom is 0.286 e. The number of amides is 1. The Balaban J connectivity index is 1.55. The van der Waals surface area contributed by atoms with Gasteiger partial charge in [-0.3, -0.25) is 4.79 Å². The summed E-state index contributed by atoms with van der Waals surface area (Å²) in [4.78, 5) is 12.6. The predicted octanol–water partition coefficient (Wildman–Crippen LogP) is 3.84. The minimum absolute atomic E-state index is 0.0590. The third-order valence-electron chi connectivity index (χ3n) is 4.80. The first kappa shape index (κ1) is 21.4. The van der Waals surface area contributed by atoms with Gasteiger partial charge in [0.05, 0.1) is 22.6 Å². The van der Waals surface area contributed by atoms with Crippen LogP contribution in [0.5, 0.6) is 0 Å². The Morgan fingerprint density at radius 3 is 2.74 bits per heavy atom. The molecule has 31 heavy (non-hydrogen) atoms. The van der Waals surface area contributed by atoms with Crippen LogP contribution >= 0.6 is 22.9 Å². The minimum Gasteiger partial charge on any atom is -0.320 e. The molecule has 1 unspecified atom stereocenters. The molecule has 1 N–H and O–H groups in total. The summed E-state index contributed by atoms with van der Waals surface area (Å²) in [5, 5.41) is 21.0. The minimum atomic E-state index is -3.82. The summed E-state index contributed by atoms with van der Waals surface area (Å²) in [6.45, 7) is 0.329. The number of nitriles is 1. The van der Waals surface area contributed by atoms with Gasteiger partial charge in [-0.2, -0.15) is 9.57 Å². The normalized spacial score (nSPS) is 16.7. The average molecular weight is 474 g/mol. The zero-order valence-corrected chi connectivity index (χ0v) is 18.4. The van der Waals surface area contributed by atoms with Gasteiger partial charge >= 0.3 is 0 Å². The van der Waals surface area contributed by atoms with E-state index in [0.717, 1.165) is 11.3 Å². The number of nitrogens with one attached hydrogen (secondary N) is 1. The van der Waals surface area contributed by atoms with Crippen LogP contribution in [0.15, 0.2) is 53.4 Å². The topological polar surface area (TPSA) is 116 Å². The SMILES string of the molecule is N#Cc1cccc(S(=O)(=O)N2CCCC2c2nnc(C(=O)Nc3ccc(Cl)cc3)s2)c1. The standard InChI is InChI=1S/C20H16ClN5O3S2/c21-14-6-8-15(9-7-14)23-18(27)20-25-24-19(30-20)17-5-2-10-26(17)31(28,29)16-4-1-3-13(11-16)12-22/h1,3-4,6-9,11,17H,2,5,10H2,(H,23,27). The van der Waals surface area contributed by atoms with E-state index in [-0.39, 0.29) is 15.5 Å². The van der Waals surface area contributed by atoms with Crippen molar-refractivity contribution in [2.24, 2.45) is 0 Å². The highest BCUT2D eigenvalue weighted by Gasteiger charge is 2.38. The molecular weight excluding hydrogens is 458 g/mol. The molecule has 0 bridgehead atoms. The van der Waals surface area contributed by atoms with Crippen LogP contribution in [0.4, 0.5) is 5.69 Å². The maximum absolute atomic E-state index is 13.2. The van der Waals surface area contributed by atoms with E-state index in [1.807, 2.05) is 6.07 Å². The lowest BCUT2D eigenvalue weighted by Gasteiger charge is -2.22. The molecule has 8 nitrogen and oxygen atoms in total. The number of halogens is 1. The summed E-state index contributed by atoms with van der Waals surface area (Å²) in [6, 6.07) is 14.0. The monoisotopic (exact) mass is 473 g/mol. The van der Waals surface area contributed by atoms with E-state index in [0.29, 0.717) is 35.1 Å². The van der Waals surface area contributed by atoms with Gasteiger partial charge in [0, 0.05) is 17.3 Å². The fraction of sp³-hybridized carbons (Fsp3) is 0.200. The van der Waals surface area contributed by atoms with Gasteiger partial charge in [0.2, 0.25) is 15.0 Å². The highest BCUT2D eigenvalue weighted by molar-refractivity contribution is 7.89. The molecule has 3 aromatic rings. The van der Waals surface area contributed by atoms with Crippen LogP contribution in [0.1, 0.15) is 39.3 Å². The third-order valence-corrected chi connectivity index (χ3v) is 7.97. The van der Waals surface area contributed by atoms with Gasteiger partial charge in [0.1, 0.15) is 5.01 Å². The van der Waals surface area contributed by atoms with E-state index in [1.165, 1.54) is 16.4 Å². The molecular formula is C20H16ClN5O3S2. The molecule has 2 aromatic carbocycles. The van der Waals surface area contributed by atoms with E-state index in [1.54, 1.807) is 36.4 Å². The number of rotatable bonds is 5. The summed E-state index contributed by atoms with van der Waals surface area (Å²) in [5.74, 6) is -0.430. The van der Waals surface area contributed by atoms with Gasteiger partial charge in [-0.25, -0.2) is 8.42 Å². The van der Waals surface area contributed by atoms with Crippen molar-refractivity contribution in [1.29, 1.82) is 5.26 Å². The van der Waals surface area contributed by atoms with Crippen LogP contribution in [-0.4, -0.2) is 35.4 Å². The molecule has 158 valence electrons. The van der Waals surface area contributed by atoms with Gasteiger partial charge in [0.15, 0.2) is 0 Å². The second-order valence-corrected chi connectivity index (χ2v) is 10.2. The molecule has 1 aromatic heterocycles. The zero-order chi connectivity index (χ0) is 22.0. The molecule has 1 saturated heterocycles. The number of carbonyl (C=O) groups is 1. The summed E-state index contributed by atoms with van der Waals surface area (Å²) in [5.41, 5.74) is 0.836. The number of aromatic nitrogens is 2. The molecule has 2 heterocycles. The van der Waals surface area contributed by atoms with Crippen LogP contribution < -0.4 is 5.32 Å². The first-order chi connectivity index (χ1) is 14.9. The molecule has 0 spiro atoms. The lowest BCUT2D eigenvalue weighted by atomic mass is 10.2. The molecule has 4 rings (SSSR count). The van der Waals surface area contributed by atoms with E-state index in [9.17, 15) is 13.2 Å². The number of benzene rings is 2. The molecule has 0 saturated carbocycles. The lowest BCUT2D eigenvalue weighted by molar-refractivity contribution is 0.102. The van der Waals surface area contributed by atoms with Gasteiger partial charge in [-0.05, 0) is 55.3 Å². The fourth-order valence-corrected chi connectivity index (χ4v) is 6.10. The molecule has 1 atom stereocenters. The molecule has 1 aliphatic heterocycles. The van der Waals surface area contributed by atoms with Crippen LogP contribution in [0.25, 0.3) is 0 Å². The van der Waals surface area contributed by atoms with Gasteiger partial charge < -0.3 is 5.32 Å². The molecule has 1 fully saturated rings. The van der Waals surface area contributed by atoms with E-state index in [2.05, 4.69) is 15.5 Å². The summed E-state index contributed by atoms with van der Waals surface area (Å²) < 4.78 is 27.7. The largest absolute Gasteiger partial charge is 0.320 e. The van der Waals surface area contributed by atoms with E-state index >= 15 is 0 Å². The van der Waals surface area contributed by atoms with Crippen molar-refractivity contribution in [1.82, 2.24) is 14.5 Å². The lowest BCUT2D eigenvalue weighted by Crippen LogP contribution is -2.30. The zero-order valence-electron chi connectivity index (χ0n) is 16.0. The summed E-state index contributed by atoms with van der Waals surface area (Å²) in [6.07, 6.45) is 1.23. The number of nitrogens with zero attached hydrogens (tertiary/aromatic N) is 4. The van der Waals surface area contributed by atoms with Crippen molar-refractivity contribution >= 4 is 44.6 Å². The highest BCUT2D eigenvalue weighted by Crippen LogP contribution is 2.37. The third kappa shape index (κ3) is 4.45. The van der Waals surface area contributed by atoms with Crippen molar-refractivity contribution in [3.63, 3.8) is 0 Å². The van der Waals surface area contributed by atoms with Crippen molar-refractivity contribution in [3.05, 3.63) is 69.1 Å². The number of carbonyl (C=O) groups excluding carboxylic acids is 1. The summed E-state index contributed by atoms with van der Waals surface area (Å²) in [7, 11) is -3.82. The number of hydrogen-bond donors (Lipinski definition) is 1. The molecule has 11 heteroatoms. The second-order valence-electron chi connectivity index (χ2n) is 6.82. The first-order valence-corrected chi connectivity index (χ1v) is 11.9. The Morgan fingerprint density at radius 1 is 1.23 bits per heavy atom. The average Bonchev–Trinajstić information content (AvgIpc) is 3.45. The van der Waals surface area contributed by atoms with E-state index in [4.69, 9.17) is 16.9 Å². The Bertz CT molecular complexity index is 1270. The maximum atomic E-state index is 13.2. The van der Waals surface area contributed by atoms with Crippen molar-refractivity contribution in [3.8, 4) is 6.07 Å². The van der Waals surface area contributed by atoms with Gasteiger partial charge in [-0.1, -0.05) is 29.0 Å². The molecule has 0 aliphatic carbocycles. The Hall–Kier alpha value is -2.84. The number of sulfonamides is 1. The molecule has 0 radical (unpaired) electrons. The van der Waals surface area contributed by atoms with Gasteiger partial charge in [0.25, 0.3) is 5.91 Å². The summed E-state index contributed by atoms with van der Waals surface area (Å²) >= 11 is 6.91. The van der Waals surface area contributed by atoms with Crippen molar-refractivity contribution in [2.45, 2.75) is 23.8 Å². The fourth-order valence-electron chi connectivity index (χ4n) is 3.31. The predicted molar refractivity (Wildman–Crippen MR) is 116 cm³/mol. The quantitative estimate of drug-likeness (QED) is 0.601.